The van der Waals surface area contributed by atoms with Crippen LogP contribution in [0.4, 0.5) is 0 Å². The molecule has 0 aromatic rings. The SMILES string of the molecule is CC(C)C1CCCC1C1CCCC1. The molecule has 0 aromatic carbocycles. The van der Waals surface area contributed by atoms with E-state index in [1.165, 1.54) is 25.7 Å². The van der Waals surface area contributed by atoms with E-state index in [4.69, 9.17) is 0 Å². The molecule has 2 aliphatic carbocycles. The quantitative estimate of drug-likeness (QED) is 0.596. The first-order valence-electron chi connectivity index (χ1n) is 6.29. The first kappa shape index (κ1) is 9.55. The van der Waals surface area contributed by atoms with Gasteiger partial charge in [0.25, 0.3) is 0 Å². The minimum Gasteiger partial charge on any atom is -0.0625 e. The first-order valence-corrected chi connectivity index (χ1v) is 6.29. The summed E-state index contributed by atoms with van der Waals surface area (Å²) in [6, 6.07) is 0. The highest BCUT2D eigenvalue weighted by Gasteiger charge is 2.35. The molecule has 2 rings (SSSR count). The summed E-state index contributed by atoms with van der Waals surface area (Å²) in [5.74, 6) is 4.24. The van der Waals surface area contributed by atoms with E-state index in [0.29, 0.717) is 0 Å². The van der Waals surface area contributed by atoms with Crippen LogP contribution in [0.2, 0.25) is 0 Å². The Hall–Kier alpha value is 0. The van der Waals surface area contributed by atoms with Gasteiger partial charge in [0.2, 0.25) is 0 Å². The van der Waals surface area contributed by atoms with Gasteiger partial charge in [-0.1, -0.05) is 46.0 Å². The summed E-state index contributed by atoms with van der Waals surface area (Å²) in [6.45, 7) is 4.86. The number of hydrogen-bond acceptors (Lipinski definition) is 0. The molecule has 2 saturated carbocycles. The van der Waals surface area contributed by atoms with Gasteiger partial charge >= 0.3 is 0 Å². The molecule has 0 nitrogen and oxygen atoms in total. The summed E-state index contributed by atoms with van der Waals surface area (Å²) in [5, 5.41) is 0. The molecule has 2 aliphatic rings. The van der Waals surface area contributed by atoms with Crippen LogP contribution in [-0.4, -0.2) is 0 Å². The Bertz CT molecular complexity index is 153. The fourth-order valence-electron chi connectivity index (χ4n) is 3.82. The lowest BCUT2D eigenvalue weighted by atomic mass is 9.78. The molecular weight excluding hydrogens is 156 g/mol. The Labute approximate surface area is 83.1 Å². The normalized spacial score (nSPS) is 36.2. The highest BCUT2D eigenvalue weighted by atomic mass is 14.4. The lowest BCUT2D eigenvalue weighted by Crippen LogP contribution is -2.20. The topological polar surface area (TPSA) is 0 Å². The van der Waals surface area contributed by atoms with Crippen molar-refractivity contribution in [2.75, 3.05) is 0 Å². The van der Waals surface area contributed by atoms with Crippen LogP contribution in [0, 0.1) is 23.7 Å². The fourth-order valence-corrected chi connectivity index (χ4v) is 3.82. The Kier molecular flexibility index (Phi) is 2.96. The average molecular weight is 180 g/mol. The Morgan fingerprint density at radius 2 is 1.54 bits per heavy atom. The maximum Gasteiger partial charge on any atom is -0.0355 e. The van der Waals surface area contributed by atoms with Crippen molar-refractivity contribution in [2.24, 2.45) is 23.7 Å². The van der Waals surface area contributed by atoms with Gasteiger partial charge in [0.15, 0.2) is 0 Å². The van der Waals surface area contributed by atoms with E-state index < -0.39 is 0 Å². The summed E-state index contributed by atoms with van der Waals surface area (Å²) in [5.41, 5.74) is 0. The highest BCUT2D eigenvalue weighted by molar-refractivity contribution is 4.86. The van der Waals surface area contributed by atoms with Crippen LogP contribution in [0.3, 0.4) is 0 Å². The summed E-state index contributed by atoms with van der Waals surface area (Å²) in [7, 11) is 0. The summed E-state index contributed by atoms with van der Waals surface area (Å²) >= 11 is 0. The Balaban J connectivity index is 1.96. The molecule has 76 valence electrons. The van der Waals surface area contributed by atoms with Gasteiger partial charge < -0.3 is 0 Å². The van der Waals surface area contributed by atoms with Crippen LogP contribution in [0.5, 0.6) is 0 Å². The maximum atomic E-state index is 2.43. The third-order valence-corrected chi connectivity index (χ3v) is 4.49. The van der Waals surface area contributed by atoms with Crippen LogP contribution in [-0.2, 0) is 0 Å². The minimum absolute atomic E-state index is 0.938. The molecule has 0 spiro atoms. The molecule has 0 saturated heterocycles. The molecule has 0 bridgehead atoms. The second-order valence-corrected chi connectivity index (χ2v) is 5.55. The van der Waals surface area contributed by atoms with Crippen molar-refractivity contribution in [1.82, 2.24) is 0 Å². The largest absolute Gasteiger partial charge is 0.0625 e. The van der Waals surface area contributed by atoms with Crippen molar-refractivity contribution in [2.45, 2.75) is 58.8 Å². The van der Waals surface area contributed by atoms with E-state index >= 15 is 0 Å². The van der Waals surface area contributed by atoms with Crippen molar-refractivity contribution >= 4 is 0 Å². The molecule has 0 heterocycles. The van der Waals surface area contributed by atoms with Crippen molar-refractivity contribution < 1.29 is 0 Å². The average Bonchev–Trinajstić information content (AvgIpc) is 2.74. The molecule has 0 aromatic heterocycles. The first-order chi connectivity index (χ1) is 6.29. The smallest absolute Gasteiger partial charge is 0.0355 e. The number of hydrogen-bond donors (Lipinski definition) is 0. The summed E-state index contributed by atoms with van der Waals surface area (Å²) < 4.78 is 0. The Morgan fingerprint density at radius 1 is 0.846 bits per heavy atom. The highest BCUT2D eigenvalue weighted by Crippen LogP contribution is 2.46. The van der Waals surface area contributed by atoms with Crippen molar-refractivity contribution in [3.05, 3.63) is 0 Å². The van der Waals surface area contributed by atoms with Crippen LogP contribution in [0.1, 0.15) is 58.8 Å². The van der Waals surface area contributed by atoms with Crippen LogP contribution in [0.25, 0.3) is 0 Å². The second-order valence-electron chi connectivity index (χ2n) is 5.55. The zero-order valence-corrected chi connectivity index (χ0v) is 9.26. The third-order valence-electron chi connectivity index (χ3n) is 4.49. The fraction of sp³-hybridized carbons (Fsp3) is 1.00. The van der Waals surface area contributed by atoms with Crippen molar-refractivity contribution in [3.63, 3.8) is 0 Å². The van der Waals surface area contributed by atoms with Gasteiger partial charge in [0.05, 0.1) is 0 Å². The molecule has 2 unspecified atom stereocenters. The predicted molar refractivity (Wildman–Crippen MR) is 57.6 cm³/mol. The Morgan fingerprint density at radius 3 is 2.15 bits per heavy atom. The second kappa shape index (κ2) is 4.02. The summed E-state index contributed by atoms with van der Waals surface area (Å²) in [4.78, 5) is 0. The molecule has 0 radical (unpaired) electrons. The summed E-state index contributed by atoms with van der Waals surface area (Å²) in [6.07, 6.45) is 10.7. The van der Waals surface area contributed by atoms with E-state index in [2.05, 4.69) is 13.8 Å². The van der Waals surface area contributed by atoms with Gasteiger partial charge in [-0.05, 0) is 36.5 Å². The molecule has 0 amide bonds. The lowest BCUT2D eigenvalue weighted by Gasteiger charge is -2.28. The van der Waals surface area contributed by atoms with Gasteiger partial charge in [-0.3, -0.25) is 0 Å². The zero-order valence-electron chi connectivity index (χ0n) is 9.26. The van der Waals surface area contributed by atoms with E-state index in [9.17, 15) is 0 Å². The van der Waals surface area contributed by atoms with Gasteiger partial charge in [0.1, 0.15) is 0 Å². The van der Waals surface area contributed by atoms with E-state index in [-0.39, 0.29) is 0 Å². The monoisotopic (exact) mass is 180 g/mol. The number of rotatable bonds is 2. The van der Waals surface area contributed by atoms with Crippen LogP contribution < -0.4 is 0 Å². The molecule has 0 N–H and O–H groups in total. The standard InChI is InChI=1S/C13H24/c1-10(2)12-8-5-9-13(12)11-6-3-4-7-11/h10-13H,3-9H2,1-2H3. The zero-order chi connectivity index (χ0) is 9.26. The van der Waals surface area contributed by atoms with Gasteiger partial charge in [-0.15, -0.1) is 0 Å². The van der Waals surface area contributed by atoms with E-state index in [1.54, 1.807) is 19.3 Å². The molecular formula is C13H24. The lowest BCUT2D eigenvalue weighted by molar-refractivity contribution is 0.214. The molecule has 0 heteroatoms. The van der Waals surface area contributed by atoms with Crippen LogP contribution >= 0.6 is 0 Å². The van der Waals surface area contributed by atoms with Gasteiger partial charge in [-0.2, -0.15) is 0 Å². The van der Waals surface area contributed by atoms with Gasteiger partial charge in [-0.25, -0.2) is 0 Å². The van der Waals surface area contributed by atoms with E-state index in [1.807, 2.05) is 0 Å². The molecule has 13 heavy (non-hydrogen) atoms. The molecule has 0 aliphatic heterocycles. The molecule has 2 atom stereocenters. The van der Waals surface area contributed by atoms with Crippen molar-refractivity contribution in [1.29, 1.82) is 0 Å². The predicted octanol–water partition coefficient (Wildman–Crippen LogP) is 4.25. The molecule has 2 fully saturated rings. The van der Waals surface area contributed by atoms with E-state index in [0.717, 1.165) is 23.7 Å². The third kappa shape index (κ3) is 1.92. The maximum absolute atomic E-state index is 2.43. The van der Waals surface area contributed by atoms with Crippen LogP contribution in [0.15, 0.2) is 0 Å². The van der Waals surface area contributed by atoms with Gasteiger partial charge in [0, 0.05) is 0 Å². The van der Waals surface area contributed by atoms with Crippen molar-refractivity contribution in [3.8, 4) is 0 Å². The minimum atomic E-state index is 0.938.